The fourth-order valence-corrected chi connectivity index (χ4v) is 1.94. The van der Waals surface area contributed by atoms with Gasteiger partial charge >= 0.3 is 5.97 Å². The summed E-state index contributed by atoms with van der Waals surface area (Å²) < 4.78 is 25.4. The molecule has 0 aliphatic rings. The number of halogens is 2. The van der Waals surface area contributed by atoms with Crippen molar-refractivity contribution in [2.45, 2.75) is 23.5 Å². The van der Waals surface area contributed by atoms with Crippen molar-refractivity contribution in [1.29, 1.82) is 0 Å². The number of carbonyl (C=O) groups is 1. The number of rotatable bonds is 4. The summed E-state index contributed by atoms with van der Waals surface area (Å²) in [5, 5.41) is 8.14. The Morgan fingerprint density at radius 3 is 2.60 bits per heavy atom. The first-order valence-electron chi connectivity index (χ1n) is 4.39. The van der Waals surface area contributed by atoms with E-state index in [4.69, 9.17) is 5.11 Å². The first kappa shape index (κ1) is 12.0. The van der Waals surface area contributed by atoms with Crippen LogP contribution in [-0.2, 0) is 4.79 Å². The molecular weight excluding hydrogens is 222 g/mol. The standard InChI is InChI=1S/C10H10F2O2S/c1-2-9(10(13)14)15-6-3-4-7(11)8(12)5-6/h3-5,9H,2H2,1H3,(H,13,14). The van der Waals surface area contributed by atoms with Crippen LogP contribution in [0.3, 0.4) is 0 Å². The maximum atomic E-state index is 12.8. The molecule has 0 aliphatic carbocycles. The molecule has 1 rings (SSSR count). The maximum Gasteiger partial charge on any atom is 0.316 e. The zero-order valence-corrected chi connectivity index (χ0v) is 8.85. The summed E-state index contributed by atoms with van der Waals surface area (Å²) in [5.41, 5.74) is 0. The van der Waals surface area contributed by atoms with Crippen LogP contribution in [0.4, 0.5) is 8.78 Å². The van der Waals surface area contributed by atoms with Crippen LogP contribution >= 0.6 is 11.8 Å². The van der Waals surface area contributed by atoms with Gasteiger partial charge in [0.25, 0.3) is 0 Å². The molecule has 0 spiro atoms. The highest BCUT2D eigenvalue weighted by molar-refractivity contribution is 8.00. The number of benzene rings is 1. The van der Waals surface area contributed by atoms with Crippen LogP contribution < -0.4 is 0 Å². The average Bonchev–Trinajstić information content (AvgIpc) is 2.19. The maximum absolute atomic E-state index is 12.8. The van der Waals surface area contributed by atoms with Crippen LogP contribution in [0.5, 0.6) is 0 Å². The third-order valence-electron chi connectivity index (χ3n) is 1.82. The van der Waals surface area contributed by atoms with Crippen LogP contribution in [0.1, 0.15) is 13.3 Å². The van der Waals surface area contributed by atoms with E-state index in [1.54, 1.807) is 6.92 Å². The van der Waals surface area contributed by atoms with E-state index in [0.717, 1.165) is 23.9 Å². The Kier molecular flexibility index (Phi) is 4.08. The quantitative estimate of drug-likeness (QED) is 0.811. The minimum atomic E-state index is -0.958. The van der Waals surface area contributed by atoms with E-state index in [2.05, 4.69) is 0 Å². The Morgan fingerprint density at radius 1 is 1.47 bits per heavy atom. The van der Waals surface area contributed by atoms with E-state index < -0.39 is 22.9 Å². The van der Waals surface area contributed by atoms with Gasteiger partial charge in [0, 0.05) is 4.90 Å². The lowest BCUT2D eigenvalue weighted by molar-refractivity contribution is -0.136. The molecule has 1 atom stereocenters. The normalized spacial score (nSPS) is 12.5. The van der Waals surface area contributed by atoms with E-state index in [1.807, 2.05) is 0 Å². The van der Waals surface area contributed by atoms with Crippen LogP contribution in [0.25, 0.3) is 0 Å². The molecule has 5 heteroatoms. The first-order chi connectivity index (χ1) is 7.04. The fraction of sp³-hybridized carbons (Fsp3) is 0.300. The summed E-state index contributed by atoms with van der Waals surface area (Å²) in [4.78, 5) is 11.1. The Hall–Kier alpha value is -1.10. The molecule has 1 N–H and O–H groups in total. The number of carboxylic acids is 1. The van der Waals surface area contributed by atoms with Gasteiger partial charge in [-0.05, 0) is 24.6 Å². The minimum Gasteiger partial charge on any atom is -0.480 e. The lowest BCUT2D eigenvalue weighted by atomic mass is 10.3. The van der Waals surface area contributed by atoms with E-state index in [0.29, 0.717) is 11.3 Å². The molecule has 0 radical (unpaired) electrons. The van der Waals surface area contributed by atoms with Crippen molar-refractivity contribution >= 4 is 17.7 Å². The number of carboxylic acid groups (broad SMARTS) is 1. The Balaban J connectivity index is 2.80. The summed E-state index contributed by atoms with van der Waals surface area (Å²) in [7, 11) is 0. The number of hydrogen-bond donors (Lipinski definition) is 1. The van der Waals surface area contributed by atoms with Crippen molar-refractivity contribution in [2.75, 3.05) is 0 Å². The molecule has 0 bridgehead atoms. The molecule has 1 aromatic rings. The van der Waals surface area contributed by atoms with Gasteiger partial charge in [-0.3, -0.25) is 4.79 Å². The zero-order chi connectivity index (χ0) is 11.4. The second kappa shape index (κ2) is 5.11. The first-order valence-corrected chi connectivity index (χ1v) is 5.27. The molecule has 1 unspecified atom stereocenters. The second-order valence-corrected chi connectivity index (χ2v) is 4.21. The largest absolute Gasteiger partial charge is 0.480 e. The number of hydrogen-bond acceptors (Lipinski definition) is 2. The Labute approximate surface area is 90.3 Å². The second-order valence-electron chi connectivity index (χ2n) is 2.93. The predicted molar refractivity (Wildman–Crippen MR) is 53.9 cm³/mol. The van der Waals surface area contributed by atoms with E-state index in [1.165, 1.54) is 6.07 Å². The summed E-state index contributed by atoms with van der Waals surface area (Å²) in [5.74, 6) is -2.84. The van der Waals surface area contributed by atoms with Gasteiger partial charge in [-0.2, -0.15) is 0 Å². The number of aliphatic carboxylic acids is 1. The molecule has 82 valence electrons. The van der Waals surface area contributed by atoms with Gasteiger partial charge in [0.15, 0.2) is 11.6 Å². The molecule has 2 nitrogen and oxygen atoms in total. The smallest absolute Gasteiger partial charge is 0.316 e. The van der Waals surface area contributed by atoms with Crippen molar-refractivity contribution < 1.29 is 18.7 Å². The molecule has 15 heavy (non-hydrogen) atoms. The van der Waals surface area contributed by atoms with Crippen LogP contribution in [0.2, 0.25) is 0 Å². The molecular formula is C10H10F2O2S. The van der Waals surface area contributed by atoms with E-state index >= 15 is 0 Å². The number of thioether (sulfide) groups is 1. The zero-order valence-electron chi connectivity index (χ0n) is 8.04. The van der Waals surface area contributed by atoms with Crippen molar-refractivity contribution in [3.05, 3.63) is 29.8 Å². The van der Waals surface area contributed by atoms with Gasteiger partial charge in [-0.1, -0.05) is 6.92 Å². The van der Waals surface area contributed by atoms with Crippen molar-refractivity contribution in [2.24, 2.45) is 0 Å². The molecule has 0 aliphatic heterocycles. The molecule has 0 amide bonds. The highest BCUT2D eigenvalue weighted by Gasteiger charge is 2.17. The van der Waals surface area contributed by atoms with Crippen molar-refractivity contribution in [1.82, 2.24) is 0 Å². The monoisotopic (exact) mass is 232 g/mol. The van der Waals surface area contributed by atoms with Crippen molar-refractivity contribution in [3.63, 3.8) is 0 Å². The SMILES string of the molecule is CCC(Sc1ccc(F)c(F)c1)C(=O)O. The topological polar surface area (TPSA) is 37.3 Å². The van der Waals surface area contributed by atoms with Crippen LogP contribution in [-0.4, -0.2) is 16.3 Å². The van der Waals surface area contributed by atoms with Gasteiger partial charge in [0.1, 0.15) is 5.25 Å². The van der Waals surface area contributed by atoms with Gasteiger partial charge < -0.3 is 5.11 Å². The molecule has 0 saturated heterocycles. The summed E-state index contributed by atoms with van der Waals surface area (Å²) >= 11 is 1.01. The lowest BCUT2D eigenvalue weighted by Gasteiger charge is -2.09. The third kappa shape index (κ3) is 3.20. The third-order valence-corrected chi connectivity index (χ3v) is 3.16. The molecule has 0 fully saturated rings. The minimum absolute atomic E-state index is 0.420. The summed E-state index contributed by atoms with van der Waals surface area (Å²) in [6.07, 6.45) is 0.430. The molecule has 0 aromatic heterocycles. The predicted octanol–water partition coefficient (Wildman–Crippen LogP) is 2.92. The fourth-order valence-electron chi connectivity index (χ4n) is 1.02. The van der Waals surface area contributed by atoms with Gasteiger partial charge in [-0.15, -0.1) is 11.8 Å². The highest BCUT2D eigenvalue weighted by Crippen LogP contribution is 2.26. The summed E-state index contributed by atoms with van der Waals surface area (Å²) in [6.45, 7) is 1.73. The Bertz CT molecular complexity index is 368. The Morgan fingerprint density at radius 2 is 2.13 bits per heavy atom. The average molecular weight is 232 g/mol. The molecule has 1 aromatic carbocycles. The van der Waals surface area contributed by atoms with E-state index in [-0.39, 0.29) is 0 Å². The van der Waals surface area contributed by atoms with Gasteiger partial charge in [-0.25, -0.2) is 8.78 Å². The molecule has 0 saturated carbocycles. The van der Waals surface area contributed by atoms with Crippen LogP contribution in [0.15, 0.2) is 23.1 Å². The van der Waals surface area contributed by atoms with E-state index in [9.17, 15) is 13.6 Å². The lowest BCUT2D eigenvalue weighted by Crippen LogP contribution is -2.14. The van der Waals surface area contributed by atoms with Gasteiger partial charge in [0.05, 0.1) is 0 Å². The van der Waals surface area contributed by atoms with Crippen LogP contribution in [0, 0.1) is 11.6 Å². The van der Waals surface area contributed by atoms with Gasteiger partial charge in [0.2, 0.25) is 0 Å². The van der Waals surface area contributed by atoms with Crippen molar-refractivity contribution in [3.8, 4) is 0 Å². The highest BCUT2D eigenvalue weighted by atomic mass is 32.2. The molecule has 0 heterocycles. The summed E-state index contributed by atoms with van der Waals surface area (Å²) in [6, 6.07) is 3.37.